The van der Waals surface area contributed by atoms with Crippen molar-refractivity contribution in [3.05, 3.63) is 104 Å². The minimum Gasteiger partial charge on any atom is -0.458 e. The van der Waals surface area contributed by atoms with Crippen LogP contribution in [-0.4, -0.2) is 26.4 Å². The highest BCUT2D eigenvalue weighted by atomic mass is 16.6. The van der Waals surface area contributed by atoms with Gasteiger partial charge in [-0.1, -0.05) is 56.3 Å². The summed E-state index contributed by atoms with van der Waals surface area (Å²) in [5.41, 5.74) is 4.09. The zero-order valence-electron chi connectivity index (χ0n) is 21.2. The monoisotopic (exact) mass is 506 g/mol. The molecular weight excluding hydrogens is 480 g/mol. The number of aliphatic hydroxyl groups is 1. The van der Waals surface area contributed by atoms with E-state index in [0.29, 0.717) is 34.6 Å². The number of allylic oxidation sites excluding steroid dienone is 1. The van der Waals surface area contributed by atoms with Crippen LogP contribution in [0.2, 0.25) is 0 Å². The smallest absolute Gasteiger partial charge is 0.343 e. The molecule has 0 amide bonds. The molecule has 0 spiro atoms. The SMILES string of the molecule is CCc1c2c(nc3ccc(/C=C/C(=O)c4ccccc4)cc13)-c1cc3c(c(=O)n1C2)COC(=O)[C@]3(O)CC. The number of esters is 1. The first-order chi connectivity index (χ1) is 18.4. The third-order valence-electron chi connectivity index (χ3n) is 7.67. The number of hydrogen-bond acceptors (Lipinski definition) is 6. The number of fused-ring (bicyclic) bond motifs is 5. The standard InChI is InChI=1S/C31H26N2O5/c1-3-20-21-14-18(11-13-27(34)19-8-6-5-7-9-19)10-12-25(21)32-28-22(20)16-33-26(28)15-24-23(29(33)35)17-38-30(36)31(24,37)4-2/h5-15,37H,3-4,16-17H2,1-2H3/b13-11+/t31-/m0/s1. The number of benzene rings is 2. The Hall–Kier alpha value is -4.36. The zero-order valence-corrected chi connectivity index (χ0v) is 21.2. The Labute approximate surface area is 219 Å². The van der Waals surface area contributed by atoms with Crippen molar-refractivity contribution in [2.24, 2.45) is 0 Å². The summed E-state index contributed by atoms with van der Waals surface area (Å²) in [6.45, 7) is 3.96. The third-order valence-corrected chi connectivity index (χ3v) is 7.67. The van der Waals surface area contributed by atoms with Crippen molar-refractivity contribution in [3.63, 3.8) is 0 Å². The molecule has 2 aliphatic heterocycles. The van der Waals surface area contributed by atoms with Gasteiger partial charge in [-0.2, -0.15) is 0 Å². The van der Waals surface area contributed by atoms with Crippen molar-refractivity contribution in [1.82, 2.24) is 9.55 Å². The van der Waals surface area contributed by atoms with Crippen molar-refractivity contribution < 1.29 is 19.4 Å². The van der Waals surface area contributed by atoms with Crippen LogP contribution >= 0.6 is 0 Å². The predicted octanol–water partition coefficient (Wildman–Crippen LogP) is 4.54. The lowest BCUT2D eigenvalue weighted by Gasteiger charge is -2.31. The zero-order chi connectivity index (χ0) is 26.6. The summed E-state index contributed by atoms with van der Waals surface area (Å²) in [6.07, 6.45) is 4.20. The molecule has 2 aromatic carbocycles. The second kappa shape index (κ2) is 8.89. The first-order valence-corrected chi connectivity index (χ1v) is 12.8. The van der Waals surface area contributed by atoms with Gasteiger partial charge < -0.3 is 14.4 Å². The second-order valence-electron chi connectivity index (χ2n) is 9.71. The quantitative estimate of drug-likeness (QED) is 0.214. The van der Waals surface area contributed by atoms with Crippen LogP contribution in [0.3, 0.4) is 0 Å². The number of carbonyl (C=O) groups excluding carboxylic acids is 2. The van der Waals surface area contributed by atoms with Gasteiger partial charge in [0.15, 0.2) is 11.4 Å². The Kier molecular flexibility index (Phi) is 5.61. The summed E-state index contributed by atoms with van der Waals surface area (Å²) in [7, 11) is 0. The first-order valence-electron chi connectivity index (χ1n) is 12.8. The summed E-state index contributed by atoms with van der Waals surface area (Å²) in [5.74, 6) is -0.802. The van der Waals surface area contributed by atoms with Crippen LogP contribution in [0.4, 0.5) is 0 Å². The number of rotatable bonds is 5. The number of nitrogens with zero attached hydrogens (tertiary/aromatic N) is 2. The van der Waals surface area contributed by atoms with Gasteiger partial charge in [0.25, 0.3) is 5.56 Å². The fraction of sp³-hybridized carbons (Fsp3) is 0.226. The first kappa shape index (κ1) is 24.0. The van der Waals surface area contributed by atoms with Gasteiger partial charge in [0.1, 0.15) is 6.61 Å². The maximum Gasteiger partial charge on any atom is 0.343 e. The molecule has 7 nitrogen and oxygen atoms in total. The molecule has 0 radical (unpaired) electrons. The van der Waals surface area contributed by atoms with Crippen LogP contribution < -0.4 is 5.56 Å². The van der Waals surface area contributed by atoms with Gasteiger partial charge in [-0.15, -0.1) is 0 Å². The minimum atomic E-state index is -1.85. The molecule has 2 aliphatic rings. The molecule has 0 unspecified atom stereocenters. The molecule has 38 heavy (non-hydrogen) atoms. The highest BCUT2D eigenvalue weighted by molar-refractivity contribution is 6.07. The van der Waals surface area contributed by atoms with E-state index in [4.69, 9.17) is 9.72 Å². The van der Waals surface area contributed by atoms with E-state index in [2.05, 4.69) is 6.92 Å². The lowest BCUT2D eigenvalue weighted by molar-refractivity contribution is -0.172. The Morgan fingerprint density at radius 1 is 1.11 bits per heavy atom. The Morgan fingerprint density at radius 3 is 2.63 bits per heavy atom. The molecule has 0 saturated carbocycles. The van der Waals surface area contributed by atoms with E-state index in [1.807, 2.05) is 36.4 Å². The molecular formula is C31H26N2O5. The van der Waals surface area contributed by atoms with Crippen LogP contribution in [0.1, 0.15) is 58.4 Å². The highest BCUT2D eigenvalue weighted by Crippen LogP contribution is 2.40. The summed E-state index contributed by atoms with van der Waals surface area (Å²) in [4.78, 5) is 43.4. The maximum atomic E-state index is 13.5. The van der Waals surface area contributed by atoms with Gasteiger partial charge >= 0.3 is 5.97 Å². The fourth-order valence-electron chi connectivity index (χ4n) is 5.56. The molecule has 1 atom stereocenters. The average Bonchev–Trinajstić information content (AvgIpc) is 3.31. The number of aryl methyl sites for hydroxylation is 1. The second-order valence-corrected chi connectivity index (χ2v) is 9.71. The Balaban J connectivity index is 1.46. The number of carbonyl (C=O) groups is 2. The highest BCUT2D eigenvalue weighted by Gasteiger charge is 2.45. The number of pyridine rings is 2. The Bertz CT molecular complexity index is 1740. The molecule has 7 heteroatoms. The Morgan fingerprint density at radius 2 is 1.89 bits per heavy atom. The van der Waals surface area contributed by atoms with Crippen LogP contribution in [0.25, 0.3) is 28.4 Å². The van der Waals surface area contributed by atoms with Crippen LogP contribution in [0.15, 0.2) is 65.5 Å². The molecule has 190 valence electrons. The van der Waals surface area contributed by atoms with E-state index in [0.717, 1.165) is 34.0 Å². The normalized spacial score (nSPS) is 17.8. The number of hydrogen-bond donors (Lipinski definition) is 1. The van der Waals surface area contributed by atoms with Gasteiger partial charge in [-0.25, -0.2) is 9.78 Å². The number of cyclic esters (lactones) is 1. The summed E-state index contributed by atoms with van der Waals surface area (Å²) in [6, 6.07) is 16.7. The fourth-order valence-corrected chi connectivity index (χ4v) is 5.56. The van der Waals surface area contributed by atoms with Gasteiger partial charge in [0, 0.05) is 22.1 Å². The summed E-state index contributed by atoms with van der Waals surface area (Å²) < 4.78 is 6.83. The van der Waals surface area contributed by atoms with Gasteiger partial charge in [-0.05, 0) is 48.2 Å². The van der Waals surface area contributed by atoms with Crippen molar-refractivity contribution >= 4 is 28.7 Å². The summed E-state index contributed by atoms with van der Waals surface area (Å²) >= 11 is 0. The van der Waals surface area contributed by atoms with Gasteiger partial charge in [0.05, 0.1) is 29.0 Å². The van der Waals surface area contributed by atoms with Crippen LogP contribution in [0.5, 0.6) is 0 Å². The maximum absolute atomic E-state index is 13.5. The van der Waals surface area contributed by atoms with Gasteiger partial charge in [-0.3, -0.25) is 9.59 Å². The molecule has 0 saturated heterocycles. The largest absolute Gasteiger partial charge is 0.458 e. The van der Waals surface area contributed by atoms with Crippen molar-refractivity contribution in [2.75, 3.05) is 0 Å². The van der Waals surface area contributed by atoms with Crippen molar-refractivity contribution in [2.45, 2.75) is 45.4 Å². The minimum absolute atomic E-state index is 0.0678. The lowest BCUT2D eigenvalue weighted by atomic mass is 9.86. The molecule has 0 aliphatic carbocycles. The van der Waals surface area contributed by atoms with E-state index < -0.39 is 11.6 Å². The van der Waals surface area contributed by atoms with Gasteiger partial charge in [0.2, 0.25) is 0 Å². The molecule has 0 bridgehead atoms. The van der Waals surface area contributed by atoms with E-state index >= 15 is 0 Å². The van der Waals surface area contributed by atoms with E-state index in [1.54, 1.807) is 41.8 Å². The lowest BCUT2D eigenvalue weighted by Crippen LogP contribution is -2.44. The third kappa shape index (κ3) is 3.54. The van der Waals surface area contributed by atoms with E-state index in [-0.39, 0.29) is 24.4 Å². The van der Waals surface area contributed by atoms with E-state index in [9.17, 15) is 19.5 Å². The van der Waals surface area contributed by atoms with Crippen molar-refractivity contribution in [3.8, 4) is 11.4 Å². The average molecular weight is 507 g/mol. The number of ether oxygens (including phenoxy) is 1. The van der Waals surface area contributed by atoms with Crippen LogP contribution in [-0.2, 0) is 34.7 Å². The molecule has 6 rings (SSSR count). The predicted molar refractivity (Wildman–Crippen MR) is 144 cm³/mol. The topological polar surface area (TPSA) is 98.5 Å². The molecule has 2 aromatic heterocycles. The molecule has 0 fully saturated rings. The van der Waals surface area contributed by atoms with Crippen molar-refractivity contribution in [1.29, 1.82) is 0 Å². The molecule has 4 aromatic rings. The van der Waals surface area contributed by atoms with E-state index in [1.165, 1.54) is 0 Å². The summed E-state index contributed by atoms with van der Waals surface area (Å²) in [5, 5.41) is 12.1. The number of aromatic nitrogens is 2. The molecule has 1 N–H and O–H groups in total. The molecule has 4 heterocycles. The number of ketones is 1. The van der Waals surface area contributed by atoms with Crippen LogP contribution in [0, 0.1) is 0 Å².